The second-order valence-electron chi connectivity index (χ2n) is 3.96. The van der Waals surface area contributed by atoms with Gasteiger partial charge in [-0.2, -0.15) is 0 Å². The largest absolute Gasteiger partial charge is 0.392 e. The van der Waals surface area contributed by atoms with Crippen LogP contribution in [0.3, 0.4) is 0 Å². The van der Waals surface area contributed by atoms with Gasteiger partial charge >= 0.3 is 0 Å². The second kappa shape index (κ2) is 3.18. The molecule has 0 bridgehead atoms. The fraction of sp³-hybridized carbons (Fsp3) is 1.00. The maximum atomic E-state index is 9.57. The van der Waals surface area contributed by atoms with E-state index in [1.165, 1.54) is 0 Å². The van der Waals surface area contributed by atoms with Gasteiger partial charge in [0.05, 0.1) is 18.3 Å². The van der Waals surface area contributed by atoms with Crippen LogP contribution < -0.4 is 0 Å². The van der Waals surface area contributed by atoms with Crippen molar-refractivity contribution < 1.29 is 20.4 Å². The molecule has 0 unspecified atom stereocenters. The van der Waals surface area contributed by atoms with Crippen LogP contribution in [0.1, 0.15) is 6.42 Å². The van der Waals surface area contributed by atoms with Crippen molar-refractivity contribution in [3.8, 4) is 0 Å². The van der Waals surface area contributed by atoms with Crippen molar-refractivity contribution in [1.29, 1.82) is 0 Å². The lowest BCUT2D eigenvalue weighted by Gasteiger charge is -2.39. The average molecular weight is 189 g/mol. The zero-order chi connectivity index (χ0) is 9.59. The molecular weight excluding hydrogens is 174 g/mol. The van der Waals surface area contributed by atoms with Gasteiger partial charge in [0.2, 0.25) is 0 Å². The summed E-state index contributed by atoms with van der Waals surface area (Å²) in [4.78, 5) is 1.83. The van der Waals surface area contributed by atoms with E-state index in [1.54, 1.807) is 0 Å². The van der Waals surface area contributed by atoms with Gasteiger partial charge in [0.25, 0.3) is 0 Å². The average Bonchev–Trinajstić information content (AvgIpc) is 2.42. The van der Waals surface area contributed by atoms with Crippen LogP contribution in [0.25, 0.3) is 0 Å². The Kier molecular flexibility index (Phi) is 2.29. The number of fused-ring (bicyclic) bond motifs is 1. The van der Waals surface area contributed by atoms with Gasteiger partial charge in [-0.25, -0.2) is 0 Å². The lowest BCUT2D eigenvalue weighted by molar-refractivity contribution is -0.127. The third kappa shape index (κ3) is 1.47. The van der Waals surface area contributed by atoms with Crippen LogP contribution in [0.4, 0.5) is 0 Å². The summed E-state index contributed by atoms with van der Waals surface area (Å²) in [5.74, 6) is 0. The maximum Gasteiger partial charge on any atom is 0.108 e. The Hall–Kier alpha value is -0.200. The van der Waals surface area contributed by atoms with Gasteiger partial charge in [-0.1, -0.05) is 0 Å². The first-order valence-corrected chi connectivity index (χ1v) is 4.56. The van der Waals surface area contributed by atoms with Crippen molar-refractivity contribution in [1.82, 2.24) is 4.90 Å². The number of rotatable bonds is 0. The highest BCUT2D eigenvalue weighted by atomic mass is 16.4. The van der Waals surface area contributed by atoms with E-state index in [0.717, 1.165) is 0 Å². The lowest BCUT2D eigenvalue weighted by atomic mass is 9.94. The molecule has 2 saturated heterocycles. The van der Waals surface area contributed by atoms with Crippen LogP contribution in [0.2, 0.25) is 0 Å². The van der Waals surface area contributed by atoms with Gasteiger partial charge in [0.1, 0.15) is 6.10 Å². The molecule has 0 aromatic rings. The summed E-state index contributed by atoms with van der Waals surface area (Å²) in [7, 11) is 0. The summed E-state index contributed by atoms with van der Waals surface area (Å²) in [6.45, 7) is 0.811. The normalized spacial score (nSPS) is 52.2. The molecule has 4 N–H and O–H groups in total. The van der Waals surface area contributed by atoms with Crippen LogP contribution in [-0.2, 0) is 0 Å². The fourth-order valence-electron chi connectivity index (χ4n) is 2.28. The van der Waals surface area contributed by atoms with Crippen LogP contribution in [-0.4, -0.2) is 68.9 Å². The second-order valence-corrected chi connectivity index (χ2v) is 3.96. The van der Waals surface area contributed by atoms with Gasteiger partial charge in [0.15, 0.2) is 0 Å². The molecule has 5 heteroatoms. The number of nitrogens with zero attached hydrogens (tertiary/aromatic N) is 1. The Balaban J connectivity index is 2.11. The molecule has 0 aliphatic carbocycles. The van der Waals surface area contributed by atoms with Gasteiger partial charge < -0.3 is 20.4 Å². The predicted octanol–water partition coefficient (Wildman–Crippen LogP) is -2.48. The number of aliphatic hydroxyl groups excluding tert-OH is 4. The molecule has 0 aromatic heterocycles. The van der Waals surface area contributed by atoms with E-state index in [1.807, 2.05) is 4.90 Å². The van der Waals surface area contributed by atoms with Crippen LogP contribution in [0, 0.1) is 0 Å². The van der Waals surface area contributed by atoms with Gasteiger partial charge in [-0.05, 0) is 6.42 Å². The Morgan fingerprint density at radius 1 is 0.923 bits per heavy atom. The summed E-state index contributed by atoms with van der Waals surface area (Å²) < 4.78 is 0. The molecule has 5 nitrogen and oxygen atoms in total. The Morgan fingerprint density at radius 2 is 1.62 bits per heavy atom. The minimum atomic E-state index is -1.08. The number of hydrogen-bond donors (Lipinski definition) is 4. The summed E-state index contributed by atoms with van der Waals surface area (Å²) >= 11 is 0. The zero-order valence-electron chi connectivity index (χ0n) is 7.24. The van der Waals surface area contributed by atoms with Crippen LogP contribution in [0.15, 0.2) is 0 Å². The molecule has 0 aromatic carbocycles. The molecule has 2 aliphatic rings. The van der Waals surface area contributed by atoms with E-state index >= 15 is 0 Å². The Bertz CT molecular complexity index is 199. The Morgan fingerprint density at radius 3 is 2.31 bits per heavy atom. The molecule has 0 amide bonds. The number of piperidine rings is 1. The standard InChI is InChI=1S/C8H15NO4/c10-4-1-5-7(12)8(13)6(11)3-9(5)2-4/h4-8,10-13H,1-3H2/t4-,5-,6-,7+,8+/m0/s1. The summed E-state index contributed by atoms with van der Waals surface area (Å²) in [6, 6.07) is -0.201. The third-order valence-corrected chi connectivity index (χ3v) is 2.99. The van der Waals surface area contributed by atoms with Gasteiger partial charge in [-0.15, -0.1) is 0 Å². The quantitative estimate of drug-likeness (QED) is 0.339. The molecule has 76 valence electrons. The van der Waals surface area contributed by atoms with Crippen LogP contribution in [0.5, 0.6) is 0 Å². The smallest absolute Gasteiger partial charge is 0.108 e. The molecule has 0 spiro atoms. The van der Waals surface area contributed by atoms with Gasteiger partial charge in [0, 0.05) is 19.1 Å². The minimum absolute atomic E-state index is 0.201. The monoisotopic (exact) mass is 189 g/mol. The predicted molar refractivity (Wildman–Crippen MR) is 44.0 cm³/mol. The number of aliphatic hydroxyl groups is 4. The van der Waals surface area contributed by atoms with Crippen molar-refractivity contribution in [2.75, 3.05) is 13.1 Å². The molecule has 0 saturated carbocycles. The van der Waals surface area contributed by atoms with E-state index in [9.17, 15) is 20.4 Å². The highest BCUT2D eigenvalue weighted by Crippen LogP contribution is 2.27. The lowest BCUT2D eigenvalue weighted by Crippen LogP contribution is -2.58. The van der Waals surface area contributed by atoms with Crippen LogP contribution >= 0.6 is 0 Å². The van der Waals surface area contributed by atoms with Crippen molar-refractivity contribution in [3.63, 3.8) is 0 Å². The number of hydrogen-bond acceptors (Lipinski definition) is 5. The van der Waals surface area contributed by atoms with Crippen molar-refractivity contribution in [2.45, 2.75) is 36.9 Å². The first kappa shape index (κ1) is 9.36. The molecule has 2 rings (SSSR count). The third-order valence-electron chi connectivity index (χ3n) is 2.99. The summed E-state index contributed by atoms with van der Waals surface area (Å²) in [5.41, 5.74) is 0. The fourth-order valence-corrected chi connectivity index (χ4v) is 2.28. The van der Waals surface area contributed by atoms with E-state index in [0.29, 0.717) is 19.5 Å². The van der Waals surface area contributed by atoms with Crippen molar-refractivity contribution >= 4 is 0 Å². The maximum absolute atomic E-state index is 9.57. The molecule has 0 radical (unpaired) electrons. The van der Waals surface area contributed by atoms with Crippen molar-refractivity contribution in [3.05, 3.63) is 0 Å². The molecule has 5 atom stereocenters. The van der Waals surface area contributed by atoms with Crippen molar-refractivity contribution in [2.24, 2.45) is 0 Å². The van der Waals surface area contributed by atoms with Gasteiger partial charge in [-0.3, -0.25) is 4.90 Å². The van der Waals surface area contributed by atoms with E-state index in [4.69, 9.17) is 0 Å². The van der Waals surface area contributed by atoms with E-state index < -0.39 is 24.4 Å². The summed E-state index contributed by atoms with van der Waals surface area (Å²) in [6.07, 6.45) is -2.90. The first-order chi connectivity index (χ1) is 6.09. The molecule has 2 heterocycles. The molecule has 13 heavy (non-hydrogen) atoms. The summed E-state index contributed by atoms with van der Waals surface area (Å²) in [5, 5.41) is 37.6. The Labute approximate surface area is 76.2 Å². The topological polar surface area (TPSA) is 84.2 Å². The van der Waals surface area contributed by atoms with E-state index in [2.05, 4.69) is 0 Å². The zero-order valence-corrected chi connectivity index (χ0v) is 7.24. The SMILES string of the molecule is O[C@H]1C[C@H]2[C@@H](O)[C@H](O)[C@@H](O)CN2C1. The highest BCUT2D eigenvalue weighted by molar-refractivity contribution is 4.99. The van der Waals surface area contributed by atoms with E-state index in [-0.39, 0.29) is 6.04 Å². The minimum Gasteiger partial charge on any atom is -0.392 e. The molecular formula is C8H15NO4. The molecule has 2 fully saturated rings. The first-order valence-electron chi connectivity index (χ1n) is 4.56. The highest BCUT2D eigenvalue weighted by Gasteiger charge is 2.45. The molecule has 2 aliphatic heterocycles.